The molecule has 2 atom stereocenters. The summed E-state index contributed by atoms with van der Waals surface area (Å²) in [5.74, 6) is 0.0460. The number of hydrogen-bond acceptors (Lipinski definition) is 4. The largest absolute Gasteiger partial charge is 0.381 e. The summed E-state index contributed by atoms with van der Waals surface area (Å²) in [5, 5.41) is 6.34. The van der Waals surface area contributed by atoms with Crippen molar-refractivity contribution >= 4 is 5.91 Å². The molecule has 0 aromatic carbocycles. The Morgan fingerprint density at radius 3 is 2.79 bits per heavy atom. The van der Waals surface area contributed by atoms with Crippen LogP contribution in [0, 0.1) is 5.92 Å². The molecule has 1 amide bonds. The Bertz CT molecular complexity index is 249. The molecule has 1 saturated heterocycles. The van der Waals surface area contributed by atoms with Gasteiger partial charge in [-0.05, 0) is 25.8 Å². The maximum atomic E-state index is 12.0. The highest BCUT2D eigenvalue weighted by atomic mass is 16.5. The Kier molecular flexibility index (Phi) is 8.79. The zero-order valence-electron chi connectivity index (χ0n) is 12.2. The van der Waals surface area contributed by atoms with Crippen molar-refractivity contribution in [1.29, 1.82) is 0 Å². The summed E-state index contributed by atoms with van der Waals surface area (Å²) in [4.78, 5) is 12.0. The number of hydrogen-bond donors (Lipinski definition) is 2. The number of rotatable bonds is 10. The van der Waals surface area contributed by atoms with Gasteiger partial charge in [-0.15, -0.1) is 0 Å². The maximum Gasteiger partial charge on any atom is 0.227 e. The SMILES string of the molecule is CCCNC1COCC1C(=O)NCCCOCCC. The Morgan fingerprint density at radius 2 is 2.05 bits per heavy atom. The van der Waals surface area contributed by atoms with E-state index in [4.69, 9.17) is 9.47 Å². The second-order valence-electron chi connectivity index (χ2n) is 4.96. The van der Waals surface area contributed by atoms with Gasteiger partial charge in [0.2, 0.25) is 5.91 Å². The van der Waals surface area contributed by atoms with E-state index in [0.29, 0.717) is 26.4 Å². The van der Waals surface area contributed by atoms with E-state index in [9.17, 15) is 4.79 Å². The lowest BCUT2D eigenvalue weighted by atomic mass is 10.0. The molecular formula is C14H28N2O3. The summed E-state index contributed by atoms with van der Waals surface area (Å²) in [5.41, 5.74) is 0. The zero-order valence-corrected chi connectivity index (χ0v) is 12.2. The standard InChI is InChI=1S/C14H28N2O3/c1-3-6-15-13-11-19-10-12(13)14(17)16-7-5-9-18-8-4-2/h12-13,15H,3-11H2,1-2H3,(H,16,17). The van der Waals surface area contributed by atoms with Crippen LogP contribution in [-0.4, -0.2) is 51.5 Å². The van der Waals surface area contributed by atoms with E-state index in [1.165, 1.54) is 0 Å². The van der Waals surface area contributed by atoms with Crippen LogP contribution in [0.15, 0.2) is 0 Å². The van der Waals surface area contributed by atoms with Crippen molar-refractivity contribution in [2.75, 3.05) is 39.5 Å². The lowest BCUT2D eigenvalue weighted by Crippen LogP contribution is -2.44. The molecular weight excluding hydrogens is 244 g/mol. The van der Waals surface area contributed by atoms with Gasteiger partial charge < -0.3 is 20.1 Å². The van der Waals surface area contributed by atoms with Crippen molar-refractivity contribution in [2.45, 2.75) is 39.2 Å². The summed E-state index contributed by atoms with van der Waals surface area (Å²) < 4.78 is 10.8. The van der Waals surface area contributed by atoms with E-state index >= 15 is 0 Å². The molecule has 112 valence electrons. The topological polar surface area (TPSA) is 59.6 Å². The molecule has 1 rings (SSSR count). The predicted octanol–water partition coefficient (Wildman–Crippen LogP) is 0.934. The molecule has 0 aliphatic carbocycles. The molecule has 19 heavy (non-hydrogen) atoms. The molecule has 0 aromatic rings. The molecule has 1 heterocycles. The molecule has 0 saturated carbocycles. The quantitative estimate of drug-likeness (QED) is 0.581. The normalized spacial score (nSPS) is 22.6. The number of carbonyl (C=O) groups is 1. The number of amides is 1. The lowest BCUT2D eigenvalue weighted by Gasteiger charge is -2.18. The van der Waals surface area contributed by atoms with E-state index in [2.05, 4.69) is 24.5 Å². The molecule has 5 nitrogen and oxygen atoms in total. The molecule has 2 N–H and O–H groups in total. The van der Waals surface area contributed by atoms with Gasteiger partial charge in [-0.2, -0.15) is 0 Å². The van der Waals surface area contributed by atoms with Crippen LogP contribution in [0.1, 0.15) is 33.1 Å². The number of nitrogens with one attached hydrogen (secondary N) is 2. The van der Waals surface area contributed by atoms with Crippen LogP contribution in [0.25, 0.3) is 0 Å². The minimum atomic E-state index is -0.0527. The smallest absolute Gasteiger partial charge is 0.227 e. The van der Waals surface area contributed by atoms with Crippen molar-refractivity contribution in [1.82, 2.24) is 10.6 Å². The zero-order chi connectivity index (χ0) is 13.9. The summed E-state index contributed by atoms with van der Waals surface area (Å²) in [6.45, 7) is 8.50. The third-order valence-corrected chi connectivity index (χ3v) is 3.19. The van der Waals surface area contributed by atoms with Gasteiger partial charge in [0.25, 0.3) is 0 Å². The van der Waals surface area contributed by atoms with Crippen LogP contribution in [0.4, 0.5) is 0 Å². The van der Waals surface area contributed by atoms with Crippen molar-refractivity contribution < 1.29 is 14.3 Å². The van der Waals surface area contributed by atoms with Crippen molar-refractivity contribution in [2.24, 2.45) is 5.92 Å². The molecule has 1 fully saturated rings. The number of carbonyl (C=O) groups excluding carboxylic acids is 1. The number of ether oxygens (including phenoxy) is 2. The average Bonchev–Trinajstić information content (AvgIpc) is 2.88. The average molecular weight is 272 g/mol. The highest BCUT2D eigenvalue weighted by Gasteiger charge is 2.33. The van der Waals surface area contributed by atoms with Gasteiger partial charge in [0.15, 0.2) is 0 Å². The molecule has 0 radical (unpaired) electrons. The van der Waals surface area contributed by atoms with E-state index in [-0.39, 0.29) is 17.9 Å². The van der Waals surface area contributed by atoms with Gasteiger partial charge in [-0.3, -0.25) is 4.79 Å². The van der Waals surface area contributed by atoms with Crippen LogP contribution in [-0.2, 0) is 14.3 Å². The minimum absolute atomic E-state index is 0.0527. The van der Waals surface area contributed by atoms with Gasteiger partial charge in [0.1, 0.15) is 0 Å². The molecule has 0 bridgehead atoms. The summed E-state index contributed by atoms with van der Waals surface area (Å²) in [7, 11) is 0. The fraction of sp³-hybridized carbons (Fsp3) is 0.929. The van der Waals surface area contributed by atoms with Crippen molar-refractivity contribution in [3.63, 3.8) is 0 Å². The van der Waals surface area contributed by atoms with E-state index in [1.807, 2.05) is 0 Å². The molecule has 5 heteroatoms. The first kappa shape index (κ1) is 16.4. The van der Waals surface area contributed by atoms with Crippen LogP contribution in [0.2, 0.25) is 0 Å². The first-order chi connectivity index (χ1) is 9.29. The van der Waals surface area contributed by atoms with E-state index in [1.54, 1.807) is 0 Å². The summed E-state index contributed by atoms with van der Waals surface area (Å²) >= 11 is 0. The van der Waals surface area contributed by atoms with Gasteiger partial charge >= 0.3 is 0 Å². The molecule has 0 spiro atoms. The van der Waals surface area contributed by atoms with Gasteiger partial charge in [0, 0.05) is 25.8 Å². The summed E-state index contributed by atoms with van der Waals surface area (Å²) in [6.07, 6.45) is 2.97. The predicted molar refractivity (Wildman–Crippen MR) is 75.1 cm³/mol. The highest BCUT2D eigenvalue weighted by Crippen LogP contribution is 2.13. The Labute approximate surface area is 116 Å². The minimum Gasteiger partial charge on any atom is -0.381 e. The van der Waals surface area contributed by atoms with Crippen molar-refractivity contribution in [3.8, 4) is 0 Å². The molecule has 1 aliphatic heterocycles. The Morgan fingerprint density at radius 1 is 1.21 bits per heavy atom. The Hall–Kier alpha value is -0.650. The maximum absolute atomic E-state index is 12.0. The van der Waals surface area contributed by atoms with Gasteiger partial charge in [0.05, 0.1) is 19.1 Å². The Balaban J connectivity index is 2.13. The first-order valence-corrected chi connectivity index (χ1v) is 7.46. The van der Waals surface area contributed by atoms with E-state index < -0.39 is 0 Å². The fourth-order valence-electron chi connectivity index (χ4n) is 2.11. The van der Waals surface area contributed by atoms with E-state index in [0.717, 1.165) is 32.4 Å². The monoisotopic (exact) mass is 272 g/mol. The lowest BCUT2D eigenvalue weighted by molar-refractivity contribution is -0.125. The third kappa shape index (κ3) is 6.36. The highest BCUT2D eigenvalue weighted by molar-refractivity contribution is 5.79. The van der Waals surface area contributed by atoms with Crippen molar-refractivity contribution in [3.05, 3.63) is 0 Å². The van der Waals surface area contributed by atoms with Crippen LogP contribution in [0.3, 0.4) is 0 Å². The fourth-order valence-corrected chi connectivity index (χ4v) is 2.11. The van der Waals surface area contributed by atoms with Crippen LogP contribution < -0.4 is 10.6 Å². The second kappa shape index (κ2) is 10.2. The summed E-state index contributed by atoms with van der Waals surface area (Å²) in [6, 6.07) is 0.163. The van der Waals surface area contributed by atoms with Gasteiger partial charge in [-0.25, -0.2) is 0 Å². The van der Waals surface area contributed by atoms with Gasteiger partial charge in [-0.1, -0.05) is 13.8 Å². The molecule has 2 unspecified atom stereocenters. The third-order valence-electron chi connectivity index (χ3n) is 3.19. The van der Waals surface area contributed by atoms with Crippen LogP contribution >= 0.6 is 0 Å². The molecule has 1 aliphatic rings. The van der Waals surface area contributed by atoms with Crippen LogP contribution in [0.5, 0.6) is 0 Å². The second-order valence-corrected chi connectivity index (χ2v) is 4.96. The molecule has 0 aromatic heterocycles. The first-order valence-electron chi connectivity index (χ1n) is 7.46.